The SMILES string of the molecule is CCCCCCCCCCCCCCCCCCCC(=O)OCCCCCCCCCCCCCCC/C=C\C/C=C\CCCCCCCCCCCCCCCCCCCC(=O)NC(CO)C(O)CCCCCCCCCCCCCCCCCC. The molecule has 0 saturated heterocycles. The Bertz CT molecular complexity index is 1360. The van der Waals surface area contributed by atoms with Crippen molar-refractivity contribution in [2.75, 3.05) is 13.2 Å². The number of hydrogen-bond acceptors (Lipinski definition) is 5. The van der Waals surface area contributed by atoms with Gasteiger partial charge in [-0.05, 0) is 57.8 Å². The van der Waals surface area contributed by atoms with E-state index in [4.69, 9.17) is 4.74 Å². The van der Waals surface area contributed by atoms with Crippen LogP contribution >= 0.6 is 0 Å². The lowest BCUT2D eigenvalue weighted by Gasteiger charge is -2.22. The second-order valence-corrected chi connectivity index (χ2v) is 27.8. The fourth-order valence-corrected chi connectivity index (χ4v) is 12.9. The van der Waals surface area contributed by atoms with Gasteiger partial charge in [-0.2, -0.15) is 0 Å². The van der Waals surface area contributed by atoms with Crippen LogP contribution in [0.15, 0.2) is 24.3 Å². The minimum Gasteiger partial charge on any atom is -0.466 e. The topological polar surface area (TPSA) is 95.9 Å². The summed E-state index contributed by atoms with van der Waals surface area (Å²) >= 11 is 0. The molecule has 6 nitrogen and oxygen atoms in total. The summed E-state index contributed by atoms with van der Waals surface area (Å²) < 4.78 is 5.51. The summed E-state index contributed by atoms with van der Waals surface area (Å²) in [5.41, 5.74) is 0. The van der Waals surface area contributed by atoms with Crippen LogP contribution in [0.3, 0.4) is 0 Å². The Morgan fingerprint density at radius 1 is 0.322 bits per heavy atom. The van der Waals surface area contributed by atoms with Gasteiger partial charge in [0.2, 0.25) is 5.91 Å². The predicted molar refractivity (Wildman–Crippen MR) is 384 cm³/mol. The first-order chi connectivity index (χ1) is 43.0. The number of allylic oxidation sites excluding steroid dienone is 4. The van der Waals surface area contributed by atoms with E-state index in [1.165, 1.54) is 379 Å². The summed E-state index contributed by atoms with van der Waals surface area (Å²) in [4.78, 5) is 24.6. The second-order valence-electron chi connectivity index (χ2n) is 27.8. The highest BCUT2D eigenvalue weighted by Crippen LogP contribution is 2.20. The maximum absolute atomic E-state index is 12.5. The van der Waals surface area contributed by atoms with Crippen molar-refractivity contribution >= 4 is 11.9 Å². The van der Waals surface area contributed by atoms with Crippen molar-refractivity contribution in [1.82, 2.24) is 5.32 Å². The number of nitrogens with one attached hydrogen (secondary N) is 1. The lowest BCUT2D eigenvalue weighted by molar-refractivity contribution is -0.143. The lowest BCUT2D eigenvalue weighted by Crippen LogP contribution is -2.45. The van der Waals surface area contributed by atoms with Crippen molar-refractivity contribution in [3.05, 3.63) is 24.3 Å². The van der Waals surface area contributed by atoms with Crippen LogP contribution in [0.5, 0.6) is 0 Å². The third-order valence-electron chi connectivity index (χ3n) is 19.0. The summed E-state index contributed by atoms with van der Waals surface area (Å²) in [6.07, 6.45) is 98.5. The highest BCUT2D eigenvalue weighted by atomic mass is 16.5. The molecule has 0 radical (unpaired) electrons. The standard InChI is InChI=1S/C81H157NO5/c1-3-5-7-9-11-13-15-17-19-42-47-51-55-59-63-67-71-75-81(86)87-76-72-68-64-60-56-52-48-44-41-39-37-35-33-31-29-27-25-23-21-22-24-26-28-30-32-34-36-38-40-43-46-50-54-58-62-66-70-74-80(85)82-78(77-83)79(84)73-69-65-61-57-53-49-45-20-18-16-14-12-10-8-6-4-2/h21,23,27,29,78-79,83-84H,3-20,22,24-26,28,30-77H2,1-2H3,(H,82,85)/b23-21-,29-27-. The summed E-state index contributed by atoms with van der Waals surface area (Å²) in [6, 6.07) is -0.539. The monoisotopic (exact) mass is 1220 g/mol. The molecule has 0 rings (SSSR count). The van der Waals surface area contributed by atoms with Gasteiger partial charge < -0.3 is 20.3 Å². The predicted octanol–water partition coefficient (Wildman–Crippen LogP) is 26.4. The highest BCUT2D eigenvalue weighted by molar-refractivity contribution is 5.76. The summed E-state index contributed by atoms with van der Waals surface area (Å²) in [7, 11) is 0. The quantitative estimate of drug-likeness (QED) is 0.0320. The van der Waals surface area contributed by atoms with Crippen molar-refractivity contribution in [2.24, 2.45) is 0 Å². The first kappa shape index (κ1) is 85.3. The van der Waals surface area contributed by atoms with E-state index < -0.39 is 12.1 Å². The largest absolute Gasteiger partial charge is 0.466 e. The van der Waals surface area contributed by atoms with Crippen molar-refractivity contribution in [2.45, 2.75) is 469 Å². The Hall–Kier alpha value is -1.66. The molecule has 3 N–H and O–H groups in total. The van der Waals surface area contributed by atoms with Crippen LogP contribution in [0.25, 0.3) is 0 Å². The van der Waals surface area contributed by atoms with E-state index >= 15 is 0 Å². The molecule has 2 unspecified atom stereocenters. The van der Waals surface area contributed by atoms with Crippen LogP contribution in [0.4, 0.5) is 0 Å². The molecule has 6 heteroatoms. The lowest BCUT2D eigenvalue weighted by atomic mass is 10.0. The number of aliphatic hydroxyl groups is 2. The van der Waals surface area contributed by atoms with Crippen LogP contribution in [0.1, 0.15) is 457 Å². The zero-order valence-corrected chi connectivity index (χ0v) is 59.3. The van der Waals surface area contributed by atoms with Crippen molar-refractivity contribution in [3.8, 4) is 0 Å². The molecule has 0 fully saturated rings. The third-order valence-corrected chi connectivity index (χ3v) is 19.0. The van der Waals surface area contributed by atoms with Crippen molar-refractivity contribution in [3.63, 3.8) is 0 Å². The molecule has 0 spiro atoms. The minimum atomic E-state index is -0.662. The number of unbranched alkanes of at least 4 members (excludes halogenated alkanes) is 61. The van der Waals surface area contributed by atoms with Gasteiger partial charge in [0.15, 0.2) is 0 Å². The Morgan fingerprint density at radius 3 is 0.874 bits per heavy atom. The number of amides is 1. The Balaban J connectivity index is 3.34. The number of esters is 1. The molecule has 87 heavy (non-hydrogen) atoms. The number of ether oxygens (including phenoxy) is 1. The molecule has 0 aromatic rings. The van der Waals surface area contributed by atoms with E-state index in [1.54, 1.807) is 0 Å². The average molecular weight is 1230 g/mol. The average Bonchev–Trinajstić information content (AvgIpc) is 3.52. The number of carbonyl (C=O) groups is 2. The molecule has 516 valence electrons. The van der Waals surface area contributed by atoms with Crippen LogP contribution in [0, 0.1) is 0 Å². The molecule has 0 aliphatic carbocycles. The third kappa shape index (κ3) is 73.3. The fourth-order valence-electron chi connectivity index (χ4n) is 12.9. The zero-order valence-electron chi connectivity index (χ0n) is 59.3. The number of carbonyl (C=O) groups excluding carboxylic acids is 2. The molecular formula is C81H157NO5. The van der Waals surface area contributed by atoms with Gasteiger partial charge in [0.1, 0.15) is 0 Å². The van der Waals surface area contributed by atoms with E-state index in [1.807, 2.05) is 0 Å². The van der Waals surface area contributed by atoms with Gasteiger partial charge in [0, 0.05) is 12.8 Å². The van der Waals surface area contributed by atoms with Gasteiger partial charge in [-0.3, -0.25) is 9.59 Å². The van der Waals surface area contributed by atoms with Crippen LogP contribution in [-0.4, -0.2) is 47.4 Å². The normalized spacial score (nSPS) is 12.6. The van der Waals surface area contributed by atoms with Gasteiger partial charge in [-0.1, -0.05) is 411 Å². The minimum absolute atomic E-state index is 0.0237. The number of hydrogen-bond donors (Lipinski definition) is 3. The molecule has 0 heterocycles. The molecular weight excluding hydrogens is 1070 g/mol. The summed E-state index contributed by atoms with van der Waals surface area (Å²) in [5.74, 6) is -0.00457. The van der Waals surface area contributed by atoms with Gasteiger partial charge in [0.05, 0.1) is 25.4 Å². The molecule has 0 aliphatic rings. The Kier molecular flexibility index (Phi) is 75.3. The second kappa shape index (κ2) is 76.8. The fraction of sp³-hybridized carbons (Fsp3) is 0.926. The van der Waals surface area contributed by atoms with Gasteiger partial charge >= 0.3 is 5.97 Å². The molecule has 0 saturated carbocycles. The Morgan fingerprint density at radius 2 is 0.575 bits per heavy atom. The van der Waals surface area contributed by atoms with Crippen LogP contribution in [0.2, 0.25) is 0 Å². The highest BCUT2D eigenvalue weighted by Gasteiger charge is 2.20. The molecule has 2 atom stereocenters. The summed E-state index contributed by atoms with van der Waals surface area (Å²) in [5, 5.41) is 23.4. The molecule has 0 bridgehead atoms. The first-order valence-corrected chi connectivity index (χ1v) is 40.1. The summed E-state index contributed by atoms with van der Waals surface area (Å²) in [6.45, 7) is 5.01. The van der Waals surface area contributed by atoms with E-state index in [2.05, 4.69) is 43.5 Å². The molecule has 0 aromatic carbocycles. The molecule has 0 aliphatic heterocycles. The van der Waals surface area contributed by atoms with E-state index in [0.29, 0.717) is 25.9 Å². The van der Waals surface area contributed by atoms with Crippen molar-refractivity contribution in [1.29, 1.82) is 0 Å². The van der Waals surface area contributed by atoms with Gasteiger partial charge in [0.25, 0.3) is 0 Å². The maximum atomic E-state index is 12.5. The Labute approximate surface area is 545 Å². The number of aliphatic hydroxyl groups excluding tert-OH is 2. The van der Waals surface area contributed by atoms with Gasteiger partial charge in [-0.15, -0.1) is 0 Å². The van der Waals surface area contributed by atoms with E-state index in [9.17, 15) is 19.8 Å². The van der Waals surface area contributed by atoms with Crippen molar-refractivity contribution < 1.29 is 24.5 Å². The molecule has 0 aromatic heterocycles. The van der Waals surface area contributed by atoms with E-state index in [-0.39, 0.29) is 18.5 Å². The zero-order chi connectivity index (χ0) is 62.8. The van der Waals surface area contributed by atoms with Crippen LogP contribution in [-0.2, 0) is 14.3 Å². The first-order valence-electron chi connectivity index (χ1n) is 40.1. The number of rotatable bonds is 76. The maximum Gasteiger partial charge on any atom is 0.305 e. The van der Waals surface area contributed by atoms with Gasteiger partial charge in [-0.25, -0.2) is 0 Å². The smallest absolute Gasteiger partial charge is 0.305 e. The van der Waals surface area contributed by atoms with Crippen LogP contribution < -0.4 is 5.32 Å². The molecule has 1 amide bonds. The van der Waals surface area contributed by atoms with E-state index in [0.717, 1.165) is 44.9 Å².